The van der Waals surface area contributed by atoms with Crippen LogP contribution in [-0.4, -0.2) is 15.2 Å². The monoisotopic (exact) mass is 366 g/mol. The van der Waals surface area contributed by atoms with Gasteiger partial charge in [0.2, 0.25) is 0 Å². The third-order valence-electron chi connectivity index (χ3n) is 2.96. The highest BCUT2D eigenvalue weighted by Gasteiger charge is 2.33. The number of hydrogen-bond acceptors (Lipinski definition) is 4. The highest BCUT2D eigenvalue weighted by molar-refractivity contribution is 8.27. The number of halogens is 2. The fourth-order valence-electron chi connectivity index (χ4n) is 1.93. The second-order valence-corrected chi connectivity index (χ2v) is 6.89. The molecule has 1 aliphatic rings. The molecule has 0 unspecified atom stereocenters. The Bertz CT molecular complexity index is 793. The van der Waals surface area contributed by atoms with E-state index >= 15 is 0 Å². The first-order chi connectivity index (χ1) is 10.6. The van der Waals surface area contributed by atoms with Crippen molar-refractivity contribution in [2.45, 2.75) is 0 Å². The zero-order valence-electron chi connectivity index (χ0n) is 11.0. The molecule has 0 radical (unpaired) electrons. The molecule has 1 aromatic heterocycles. The van der Waals surface area contributed by atoms with Gasteiger partial charge in [-0.2, -0.15) is 0 Å². The first kappa shape index (κ1) is 15.5. The highest BCUT2D eigenvalue weighted by Crippen LogP contribution is 2.37. The summed E-state index contributed by atoms with van der Waals surface area (Å²) in [5, 5.41) is 0.814. The summed E-state index contributed by atoms with van der Waals surface area (Å²) < 4.78 is 0.462. The maximum atomic E-state index is 12.6. The number of hydrogen-bond donors (Lipinski definition) is 0. The molecule has 3 rings (SSSR count). The molecule has 110 valence electrons. The summed E-state index contributed by atoms with van der Waals surface area (Å²) in [6.45, 7) is 0. The molecule has 1 fully saturated rings. The number of carbonyl (C=O) groups is 1. The normalized spacial score (nSPS) is 16.6. The van der Waals surface area contributed by atoms with E-state index in [0.717, 1.165) is 5.56 Å². The van der Waals surface area contributed by atoms with Crippen molar-refractivity contribution in [1.29, 1.82) is 0 Å². The van der Waals surface area contributed by atoms with E-state index in [2.05, 4.69) is 4.98 Å². The molecule has 0 saturated carbocycles. The number of thioether (sulfide) groups is 1. The van der Waals surface area contributed by atoms with Gasteiger partial charge in [-0.15, -0.1) is 0 Å². The van der Waals surface area contributed by atoms with E-state index in [9.17, 15) is 4.79 Å². The molecule has 0 N–H and O–H groups in total. The van der Waals surface area contributed by atoms with Gasteiger partial charge in [0.05, 0.1) is 20.6 Å². The molecule has 0 spiro atoms. The quantitative estimate of drug-likeness (QED) is 0.564. The minimum atomic E-state index is -0.176. The van der Waals surface area contributed by atoms with Crippen molar-refractivity contribution < 1.29 is 4.79 Å². The van der Waals surface area contributed by atoms with Crippen molar-refractivity contribution >= 4 is 69.2 Å². The van der Waals surface area contributed by atoms with Crippen molar-refractivity contribution in [3.05, 3.63) is 63.2 Å². The smallest absolute Gasteiger partial charge is 0.268 e. The van der Waals surface area contributed by atoms with Crippen LogP contribution in [0.3, 0.4) is 0 Å². The highest BCUT2D eigenvalue weighted by atomic mass is 35.5. The van der Waals surface area contributed by atoms with Crippen LogP contribution in [0.2, 0.25) is 10.0 Å². The topological polar surface area (TPSA) is 33.2 Å². The van der Waals surface area contributed by atoms with Gasteiger partial charge < -0.3 is 0 Å². The van der Waals surface area contributed by atoms with Crippen LogP contribution >= 0.6 is 47.2 Å². The van der Waals surface area contributed by atoms with Crippen LogP contribution in [0.15, 0.2) is 47.6 Å². The number of pyridine rings is 1. The molecule has 3 nitrogen and oxygen atoms in total. The number of anilines is 1. The van der Waals surface area contributed by atoms with E-state index in [0.29, 0.717) is 25.0 Å². The van der Waals surface area contributed by atoms with Crippen LogP contribution in [0.25, 0.3) is 6.08 Å². The summed E-state index contributed by atoms with van der Waals surface area (Å²) in [7, 11) is 0. The number of nitrogens with zero attached hydrogens (tertiary/aromatic N) is 2. The maximum absolute atomic E-state index is 12.6. The Balaban J connectivity index is 1.95. The van der Waals surface area contributed by atoms with Crippen molar-refractivity contribution in [2.24, 2.45) is 0 Å². The van der Waals surface area contributed by atoms with Crippen molar-refractivity contribution in [3.63, 3.8) is 0 Å². The summed E-state index contributed by atoms with van der Waals surface area (Å²) in [4.78, 5) is 18.5. The Morgan fingerprint density at radius 2 is 1.86 bits per heavy atom. The Hall–Kier alpha value is -1.40. The fourth-order valence-corrected chi connectivity index (χ4v) is 3.52. The van der Waals surface area contributed by atoms with Gasteiger partial charge in [0.1, 0.15) is 0 Å². The average molecular weight is 367 g/mol. The van der Waals surface area contributed by atoms with Crippen LogP contribution in [0.1, 0.15) is 5.56 Å². The molecule has 0 aliphatic carbocycles. The molecule has 0 bridgehead atoms. The lowest BCUT2D eigenvalue weighted by Gasteiger charge is -2.15. The third-order valence-corrected chi connectivity index (χ3v) is 5.00. The number of amides is 1. The van der Waals surface area contributed by atoms with Gasteiger partial charge in [-0.3, -0.25) is 14.7 Å². The number of aromatic nitrogens is 1. The lowest BCUT2D eigenvalue weighted by atomic mass is 10.2. The Morgan fingerprint density at radius 3 is 2.55 bits per heavy atom. The molecule has 1 saturated heterocycles. The van der Waals surface area contributed by atoms with Gasteiger partial charge >= 0.3 is 0 Å². The van der Waals surface area contributed by atoms with Crippen LogP contribution < -0.4 is 4.90 Å². The predicted molar refractivity (Wildman–Crippen MR) is 96.4 cm³/mol. The van der Waals surface area contributed by atoms with E-state index < -0.39 is 0 Å². The van der Waals surface area contributed by atoms with Crippen molar-refractivity contribution in [2.75, 3.05) is 4.90 Å². The average Bonchev–Trinajstić information content (AvgIpc) is 2.78. The summed E-state index contributed by atoms with van der Waals surface area (Å²) in [6.07, 6.45) is 5.13. The Kier molecular flexibility index (Phi) is 4.49. The third kappa shape index (κ3) is 3.03. The minimum absolute atomic E-state index is 0.176. The first-order valence-electron chi connectivity index (χ1n) is 6.19. The lowest BCUT2D eigenvalue weighted by molar-refractivity contribution is -0.113. The summed E-state index contributed by atoms with van der Waals surface area (Å²) in [5.74, 6) is -0.176. The van der Waals surface area contributed by atoms with Gasteiger partial charge in [0.25, 0.3) is 5.91 Å². The predicted octanol–water partition coefficient (Wildman–Crippen LogP) is 4.79. The maximum Gasteiger partial charge on any atom is 0.270 e. The molecular weight excluding hydrogens is 359 g/mol. The van der Waals surface area contributed by atoms with E-state index in [1.165, 1.54) is 16.7 Å². The molecule has 7 heteroatoms. The second kappa shape index (κ2) is 6.38. The largest absolute Gasteiger partial charge is 0.270 e. The Morgan fingerprint density at radius 1 is 1.14 bits per heavy atom. The number of thiocarbonyl (C=S) groups is 1. The van der Waals surface area contributed by atoms with Gasteiger partial charge in [0, 0.05) is 12.4 Å². The van der Waals surface area contributed by atoms with Crippen LogP contribution in [-0.2, 0) is 4.79 Å². The van der Waals surface area contributed by atoms with Crippen LogP contribution in [0, 0.1) is 0 Å². The fraction of sp³-hybridized carbons (Fsp3) is 0. The number of benzene rings is 1. The molecule has 2 aromatic rings. The molecule has 1 aliphatic heterocycles. The van der Waals surface area contributed by atoms with Crippen molar-refractivity contribution in [1.82, 2.24) is 4.98 Å². The standard InChI is InChI=1S/C15H8Cl2N2OS2/c16-11-2-1-10(8-12(11)17)19-14(20)13(22-15(19)21)7-9-3-5-18-6-4-9/h1-8H/b13-7-. The molecule has 2 heterocycles. The molecule has 1 amide bonds. The van der Waals surface area contributed by atoms with Crippen LogP contribution in [0.4, 0.5) is 5.69 Å². The van der Waals surface area contributed by atoms with Gasteiger partial charge in [0.15, 0.2) is 4.32 Å². The van der Waals surface area contributed by atoms with Crippen LogP contribution in [0.5, 0.6) is 0 Å². The number of rotatable bonds is 2. The summed E-state index contributed by atoms with van der Waals surface area (Å²) in [6, 6.07) is 8.64. The van der Waals surface area contributed by atoms with E-state index in [1.807, 2.05) is 12.1 Å². The summed E-state index contributed by atoms with van der Waals surface area (Å²) in [5.41, 5.74) is 1.50. The molecular formula is C15H8Cl2N2OS2. The van der Waals surface area contributed by atoms with Gasteiger partial charge in [-0.25, -0.2) is 0 Å². The zero-order valence-corrected chi connectivity index (χ0v) is 14.1. The minimum Gasteiger partial charge on any atom is -0.268 e. The van der Waals surface area contributed by atoms with Gasteiger partial charge in [-0.1, -0.05) is 47.2 Å². The Labute approximate surface area is 146 Å². The molecule has 22 heavy (non-hydrogen) atoms. The molecule has 0 atom stereocenters. The lowest BCUT2D eigenvalue weighted by Crippen LogP contribution is -2.27. The molecule has 1 aromatic carbocycles. The van der Waals surface area contributed by atoms with E-state index in [-0.39, 0.29) is 5.91 Å². The van der Waals surface area contributed by atoms with Gasteiger partial charge in [-0.05, 0) is 42.0 Å². The zero-order chi connectivity index (χ0) is 15.7. The van der Waals surface area contributed by atoms with E-state index in [1.54, 1.807) is 36.7 Å². The number of carbonyl (C=O) groups excluding carboxylic acids is 1. The summed E-state index contributed by atoms with van der Waals surface area (Å²) >= 11 is 18.5. The van der Waals surface area contributed by atoms with E-state index in [4.69, 9.17) is 35.4 Å². The van der Waals surface area contributed by atoms with Crippen molar-refractivity contribution in [3.8, 4) is 0 Å². The second-order valence-electron chi connectivity index (χ2n) is 4.40. The SMILES string of the molecule is O=C1/C(=C/c2ccncc2)SC(=S)N1c1ccc(Cl)c(Cl)c1. The first-order valence-corrected chi connectivity index (χ1v) is 8.17.